The maximum atomic E-state index is 5.99. The molecule has 1 aliphatic carbocycles. The Bertz CT molecular complexity index is 546. The minimum absolute atomic E-state index is 0.355. The largest absolute Gasteiger partial charge is 0.376 e. The number of aromatic amines is 1. The third-order valence-corrected chi connectivity index (χ3v) is 3.40. The molecule has 102 valence electrons. The van der Waals surface area contributed by atoms with Crippen molar-refractivity contribution in [3.8, 4) is 11.5 Å². The minimum atomic E-state index is -0.356. The first kappa shape index (κ1) is 12.3. The molecule has 3 N–H and O–H groups in total. The van der Waals surface area contributed by atoms with E-state index in [9.17, 15) is 0 Å². The Morgan fingerprint density at radius 2 is 2.42 bits per heavy atom. The fraction of sp³-hybridized carbons (Fsp3) is 0.583. The molecule has 3 rings (SSSR count). The van der Waals surface area contributed by atoms with E-state index in [-0.39, 0.29) is 6.04 Å². The first-order chi connectivity index (χ1) is 9.24. The van der Waals surface area contributed by atoms with Crippen molar-refractivity contribution in [3.05, 3.63) is 17.7 Å². The van der Waals surface area contributed by atoms with E-state index < -0.39 is 0 Å². The highest BCUT2D eigenvalue weighted by molar-refractivity contribution is 5.54. The number of nitrogens with two attached hydrogens (primary N) is 1. The molecule has 0 aromatic carbocycles. The van der Waals surface area contributed by atoms with Crippen LogP contribution in [-0.2, 0) is 4.74 Å². The van der Waals surface area contributed by atoms with E-state index in [4.69, 9.17) is 15.0 Å². The summed E-state index contributed by atoms with van der Waals surface area (Å²) < 4.78 is 10.9. The van der Waals surface area contributed by atoms with Gasteiger partial charge in [-0.15, -0.1) is 0 Å². The van der Waals surface area contributed by atoms with Gasteiger partial charge in [0.2, 0.25) is 0 Å². The first-order valence-electron chi connectivity index (χ1n) is 6.45. The molecule has 2 aromatic heterocycles. The number of hydrogen-bond acceptors (Lipinski definition) is 6. The van der Waals surface area contributed by atoms with E-state index in [1.165, 1.54) is 6.42 Å². The molecule has 2 aromatic rings. The number of rotatable bonds is 5. The van der Waals surface area contributed by atoms with Crippen LogP contribution in [0.2, 0.25) is 0 Å². The first-order valence-corrected chi connectivity index (χ1v) is 6.45. The highest BCUT2D eigenvalue weighted by atomic mass is 16.5. The van der Waals surface area contributed by atoms with Crippen molar-refractivity contribution in [1.29, 1.82) is 0 Å². The molecular formula is C12H17N5O2. The maximum absolute atomic E-state index is 5.99. The van der Waals surface area contributed by atoms with Crippen LogP contribution in [0.25, 0.3) is 11.5 Å². The molecular weight excluding hydrogens is 246 g/mol. The molecule has 1 unspecified atom stereocenters. The van der Waals surface area contributed by atoms with Crippen molar-refractivity contribution in [2.24, 2.45) is 5.73 Å². The summed E-state index contributed by atoms with van der Waals surface area (Å²) in [5, 5.41) is 10.7. The second-order valence-electron chi connectivity index (χ2n) is 4.86. The van der Waals surface area contributed by atoms with Gasteiger partial charge in [-0.1, -0.05) is 5.16 Å². The third-order valence-electron chi connectivity index (χ3n) is 3.40. The van der Waals surface area contributed by atoms with Gasteiger partial charge in [0.15, 0.2) is 5.82 Å². The molecule has 7 heteroatoms. The predicted molar refractivity (Wildman–Crippen MR) is 67.1 cm³/mol. The van der Waals surface area contributed by atoms with E-state index in [0.717, 1.165) is 24.1 Å². The number of nitrogens with zero attached hydrogens (tertiary/aromatic N) is 3. The standard InChI is InChI=1S/C12H17N5O2/c1-7-9(5-14-16-7)12-15-11(17-19-12)10(13)6-18-8-3-2-4-8/h5,8,10H,2-4,6,13H2,1H3,(H,14,16). The summed E-state index contributed by atoms with van der Waals surface area (Å²) in [4.78, 5) is 4.29. The third kappa shape index (κ3) is 2.52. The molecule has 7 nitrogen and oxygen atoms in total. The van der Waals surface area contributed by atoms with Crippen molar-refractivity contribution < 1.29 is 9.26 Å². The number of H-pyrrole nitrogens is 1. The Morgan fingerprint density at radius 3 is 3.05 bits per heavy atom. The van der Waals surface area contributed by atoms with Crippen molar-refractivity contribution in [2.45, 2.75) is 38.3 Å². The molecule has 1 aliphatic rings. The van der Waals surface area contributed by atoms with Gasteiger partial charge in [-0.05, 0) is 26.2 Å². The zero-order valence-electron chi connectivity index (χ0n) is 10.8. The Balaban J connectivity index is 1.65. The molecule has 19 heavy (non-hydrogen) atoms. The SMILES string of the molecule is Cc1[nH]ncc1-c1nc(C(N)COC2CCC2)no1. The minimum Gasteiger partial charge on any atom is -0.376 e. The lowest BCUT2D eigenvalue weighted by Crippen LogP contribution is -2.27. The molecule has 1 atom stereocenters. The highest BCUT2D eigenvalue weighted by Crippen LogP contribution is 2.24. The van der Waals surface area contributed by atoms with E-state index in [2.05, 4.69) is 20.3 Å². The molecule has 0 aliphatic heterocycles. The van der Waals surface area contributed by atoms with Gasteiger partial charge in [0.05, 0.1) is 30.5 Å². The van der Waals surface area contributed by atoms with Gasteiger partial charge in [-0.25, -0.2) is 0 Å². The van der Waals surface area contributed by atoms with Gasteiger partial charge < -0.3 is 15.0 Å². The molecule has 0 bridgehead atoms. The van der Waals surface area contributed by atoms with Crippen LogP contribution in [0.15, 0.2) is 10.7 Å². The molecule has 0 radical (unpaired) electrons. The normalized spacial score (nSPS) is 17.4. The van der Waals surface area contributed by atoms with Gasteiger partial charge in [-0.2, -0.15) is 10.1 Å². The summed E-state index contributed by atoms with van der Waals surface area (Å²) in [6.07, 6.45) is 5.50. The Labute approximate surface area is 110 Å². The fourth-order valence-corrected chi connectivity index (χ4v) is 1.91. The number of aryl methyl sites for hydroxylation is 1. The van der Waals surface area contributed by atoms with E-state index >= 15 is 0 Å². The van der Waals surface area contributed by atoms with Gasteiger partial charge in [0.25, 0.3) is 5.89 Å². The lowest BCUT2D eigenvalue weighted by molar-refractivity contribution is -0.00549. The summed E-state index contributed by atoms with van der Waals surface area (Å²) in [6.45, 7) is 2.32. The van der Waals surface area contributed by atoms with E-state index in [1.807, 2.05) is 6.92 Å². The Morgan fingerprint density at radius 1 is 1.58 bits per heavy atom. The van der Waals surface area contributed by atoms with Gasteiger partial charge in [0, 0.05) is 5.69 Å². The predicted octanol–water partition coefficient (Wildman–Crippen LogP) is 1.34. The van der Waals surface area contributed by atoms with Crippen LogP contribution in [0.5, 0.6) is 0 Å². The molecule has 0 saturated heterocycles. The van der Waals surface area contributed by atoms with Crippen LogP contribution < -0.4 is 5.73 Å². The van der Waals surface area contributed by atoms with Crippen LogP contribution in [0.4, 0.5) is 0 Å². The average molecular weight is 263 g/mol. The molecule has 1 fully saturated rings. The van der Waals surface area contributed by atoms with E-state index in [0.29, 0.717) is 24.4 Å². The number of nitrogens with one attached hydrogen (secondary N) is 1. The summed E-state index contributed by atoms with van der Waals surface area (Å²) in [6, 6.07) is -0.356. The van der Waals surface area contributed by atoms with Crippen LogP contribution >= 0.6 is 0 Å². The molecule has 0 spiro atoms. The number of hydrogen-bond donors (Lipinski definition) is 2. The van der Waals surface area contributed by atoms with Crippen molar-refractivity contribution in [2.75, 3.05) is 6.61 Å². The summed E-state index contributed by atoms with van der Waals surface area (Å²) in [5.74, 6) is 0.898. The van der Waals surface area contributed by atoms with Crippen LogP contribution in [-0.4, -0.2) is 33.0 Å². The molecule has 2 heterocycles. The summed E-state index contributed by atoms with van der Waals surface area (Å²) in [7, 11) is 0. The maximum Gasteiger partial charge on any atom is 0.261 e. The lowest BCUT2D eigenvalue weighted by atomic mass is 9.96. The van der Waals surface area contributed by atoms with Gasteiger partial charge in [-0.3, -0.25) is 5.10 Å². The number of ether oxygens (including phenoxy) is 1. The fourth-order valence-electron chi connectivity index (χ4n) is 1.91. The second-order valence-corrected chi connectivity index (χ2v) is 4.86. The van der Waals surface area contributed by atoms with Crippen LogP contribution in [0.1, 0.15) is 36.8 Å². The van der Waals surface area contributed by atoms with Gasteiger partial charge >= 0.3 is 0 Å². The topological polar surface area (TPSA) is 103 Å². The molecule has 1 saturated carbocycles. The van der Waals surface area contributed by atoms with Crippen LogP contribution in [0.3, 0.4) is 0 Å². The highest BCUT2D eigenvalue weighted by Gasteiger charge is 2.22. The number of aromatic nitrogens is 4. The van der Waals surface area contributed by atoms with Gasteiger partial charge in [0.1, 0.15) is 0 Å². The Kier molecular flexibility index (Phi) is 3.31. The second kappa shape index (κ2) is 5.10. The summed E-state index contributed by atoms with van der Waals surface area (Å²) in [5.41, 5.74) is 7.67. The monoisotopic (exact) mass is 263 g/mol. The van der Waals surface area contributed by atoms with Crippen molar-refractivity contribution >= 4 is 0 Å². The lowest BCUT2D eigenvalue weighted by Gasteiger charge is -2.26. The van der Waals surface area contributed by atoms with Crippen molar-refractivity contribution in [3.63, 3.8) is 0 Å². The van der Waals surface area contributed by atoms with E-state index in [1.54, 1.807) is 6.20 Å². The summed E-state index contributed by atoms with van der Waals surface area (Å²) >= 11 is 0. The smallest absolute Gasteiger partial charge is 0.261 e. The zero-order valence-corrected chi connectivity index (χ0v) is 10.8. The average Bonchev–Trinajstić information content (AvgIpc) is 2.94. The molecule has 0 amide bonds. The zero-order chi connectivity index (χ0) is 13.2. The quantitative estimate of drug-likeness (QED) is 0.843. The van der Waals surface area contributed by atoms with Crippen molar-refractivity contribution in [1.82, 2.24) is 20.3 Å². The Hall–Kier alpha value is -1.73. The van der Waals surface area contributed by atoms with Crippen LogP contribution in [0, 0.1) is 6.92 Å².